The summed E-state index contributed by atoms with van der Waals surface area (Å²) in [6, 6.07) is 5.75. The molecular formula is C12H18F2N2. The van der Waals surface area contributed by atoms with E-state index >= 15 is 0 Å². The molecule has 1 rings (SSSR count). The number of aromatic nitrogens is 1. The Morgan fingerprint density at radius 3 is 2.56 bits per heavy atom. The second-order valence-corrected chi connectivity index (χ2v) is 4.30. The van der Waals surface area contributed by atoms with E-state index < -0.39 is 6.43 Å². The van der Waals surface area contributed by atoms with Gasteiger partial charge in [0, 0.05) is 12.2 Å². The van der Waals surface area contributed by atoms with Crippen molar-refractivity contribution in [3.8, 4) is 0 Å². The third kappa shape index (κ3) is 4.23. The van der Waals surface area contributed by atoms with Gasteiger partial charge in [0.05, 0.1) is 12.2 Å². The molecule has 0 atom stereocenters. The zero-order chi connectivity index (χ0) is 12.1. The Kier molecular flexibility index (Phi) is 4.80. The molecule has 0 fully saturated rings. The maximum absolute atomic E-state index is 12.1. The third-order valence-electron chi connectivity index (χ3n) is 2.30. The molecule has 0 N–H and O–H groups in total. The van der Waals surface area contributed by atoms with E-state index in [0.29, 0.717) is 12.5 Å². The number of halogens is 2. The summed E-state index contributed by atoms with van der Waals surface area (Å²) in [6.45, 7) is 4.38. The molecule has 16 heavy (non-hydrogen) atoms. The van der Waals surface area contributed by atoms with Gasteiger partial charge in [-0.05, 0) is 25.1 Å². The van der Waals surface area contributed by atoms with Crippen LogP contribution in [-0.4, -0.2) is 29.9 Å². The van der Waals surface area contributed by atoms with Crippen LogP contribution in [0.4, 0.5) is 8.78 Å². The second kappa shape index (κ2) is 5.89. The highest BCUT2D eigenvalue weighted by Gasteiger charge is 2.09. The first-order valence-electron chi connectivity index (χ1n) is 5.41. The van der Waals surface area contributed by atoms with Crippen molar-refractivity contribution < 1.29 is 8.78 Å². The molecule has 0 saturated carbocycles. The Morgan fingerprint density at radius 2 is 2.00 bits per heavy atom. The standard InChI is InChI=1S/C12H18F2N2/c1-9(2)11-6-4-5-10(15-11)7-16(3)8-12(13)14/h4-6,9,12H,7-8H2,1-3H3. The van der Waals surface area contributed by atoms with Crippen LogP contribution in [0.25, 0.3) is 0 Å². The fourth-order valence-corrected chi connectivity index (χ4v) is 1.48. The maximum atomic E-state index is 12.1. The molecular weight excluding hydrogens is 210 g/mol. The lowest BCUT2D eigenvalue weighted by Gasteiger charge is -2.16. The molecule has 0 amide bonds. The Morgan fingerprint density at radius 1 is 1.31 bits per heavy atom. The predicted molar refractivity (Wildman–Crippen MR) is 60.7 cm³/mol. The molecule has 0 saturated heterocycles. The minimum absolute atomic E-state index is 0.215. The molecule has 1 aromatic rings. The summed E-state index contributed by atoms with van der Waals surface area (Å²) >= 11 is 0. The van der Waals surface area contributed by atoms with Crippen LogP contribution in [0.15, 0.2) is 18.2 Å². The minimum Gasteiger partial charge on any atom is -0.295 e. The van der Waals surface area contributed by atoms with Crippen molar-refractivity contribution in [3.05, 3.63) is 29.6 Å². The van der Waals surface area contributed by atoms with Crippen LogP contribution in [0.3, 0.4) is 0 Å². The number of alkyl halides is 2. The van der Waals surface area contributed by atoms with E-state index in [9.17, 15) is 8.78 Å². The van der Waals surface area contributed by atoms with Gasteiger partial charge in [0.2, 0.25) is 0 Å². The normalized spacial score (nSPS) is 11.8. The first-order valence-corrected chi connectivity index (χ1v) is 5.41. The lowest BCUT2D eigenvalue weighted by atomic mass is 10.1. The summed E-state index contributed by atoms with van der Waals surface area (Å²) in [5.41, 5.74) is 1.84. The van der Waals surface area contributed by atoms with Crippen LogP contribution in [0.2, 0.25) is 0 Å². The monoisotopic (exact) mass is 228 g/mol. The first kappa shape index (κ1) is 13.0. The highest BCUT2D eigenvalue weighted by Crippen LogP contribution is 2.12. The Bertz CT molecular complexity index is 327. The summed E-state index contributed by atoms with van der Waals surface area (Å²) in [6.07, 6.45) is -2.29. The fourth-order valence-electron chi connectivity index (χ4n) is 1.48. The molecule has 2 nitrogen and oxygen atoms in total. The van der Waals surface area contributed by atoms with Gasteiger partial charge < -0.3 is 0 Å². The van der Waals surface area contributed by atoms with E-state index in [4.69, 9.17) is 0 Å². The molecule has 0 aliphatic heterocycles. The van der Waals surface area contributed by atoms with Gasteiger partial charge in [0.15, 0.2) is 0 Å². The number of hydrogen-bond donors (Lipinski definition) is 0. The second-order valence-electron chi connectivity index (χ2n) is 4.30. The van der Waals surface area contributed by atoms with Crippen LogP contribution in [-0.2, 0) is 6.54 Å². The highest BCUT2D eigenvalue weighted by atomic mass is 19.3. The smallest absolute Gasteiger partial charge is 0.251 e. The van der Waals surface area contributed by atoms with E-state index in [-0.39, 0.29) is 6.54 Å². The van der Waals surface area contributed by atoms with E-state index in [1.54, 1.807) is 11.9 Å². The summed E-state index contributed by atoms with van der Waals surface area (Å²) in [4.78, 5) is 6.01. The number of hydrogen-bond acceptors (Lipinski definition) is 2. The fraction of sp³-hybridized carbons (Fsp3) is 0.583. The van der Waals surface area contributed by atoms with Gasteiger partial charge in [-0.25, -0.2) is 8.78 Å². The van der Waals surface area contributed by atoms with Gasteiger partial charge in [-0.3, -0.25) is 9.88 Å². The zero-order valence-electron chi connectivity index (χ0n) is 9.95. The van der Waals surface area contributed by atoms with Crippen LogP contribution >= 0.6 is 0 Å². The van der Waals surface area contributed by atoms with Crippen LogP contribution in [0.5, 0.6) is 0 Å². The molecule has 0 unspecified atom stereocenters. The molecule has 0 radical (unpaired) electrons. The van der Waals surface area contributed by atoms with Crippen LogP contribution in [0.1, 0.15) is 31.2 Å². The summed E-state index contributed by atoms with van der Waals surface area (Å²) in [5, 5.41) is 0. The largest absolute Gasteiger partial charge is 0.295 e. The summed E-state index contributed by atoms with van der Waals surface area (Å²) in [7, 11) is 1.68. The molecule has 1 heterocycles. The molecule has 0 aliphatic carbocycles. The Labute approximate surface area is 95.3 Å². The summed E-state index contributed by atoms with van der Waals surface area (Å²) in [5.74, 6) is 0.361. The molecule has 0 aromatic carbocycles. The van der Waals surface area contributed by atoms with Crippen molar-refractivity contribution in [1.82, 2.24) is 9.88 Å². The van der Waals surface area contributed by atoms with Crippen molar-refractivity contribution >= 4 is 0 Å². The van der Waals surface area contributed by atoms with Crippen molar-refractivity contribution in [2.24, 2.45) is 0 Å². The van der Waals surface area contributed by atoms with Crippen LogP contribution < -0.4 is 0 Å². The van der Waals surface area contributed by atoms with Gasteiger partial charge >= 0.3 is 0 Å². The van der Waals surface area contributed by atoms with Crippen molar-refractivity contribution in [1.29, 1.82) is 0 Å². The molecule has 0 bridgehead atoms. The quantitative estimate of drug-likeness (QED) is 0.770. The average molecular weight is 228 g/mol. The molecule has 1 aromatic heterocycles. The molecule has 90 valence electrons. The number of pyridine rings is 1. The number of nitrogens with zero attached hydrogens (tertiary/aromatic N) is 2. The lowest BCUT2D eigenvalue weighted by Crippen LogP contribution is -2.24. The minimum atomic E-state index is -2.29. The van der Waals surface area contributed by atoms with Crippen molar-refractivity contribution in [2.45, 2.75) is 32.7 Å². The maximum Gasteiger partial charge on any atom is 0.251 e. The highest BCUT2D eigenvalue weighted by molar-refractivity contribution is 5.13. The lowest BCUT2D eigenvalue weighted by molar-refractivity contribution is 0.0970. The predicted octanol–water partition coefficient (Wildman–Crippen LogP) is 2.90. The zero-order valence-corrected chi connectivity index (χ0v) is 9.95. The molecule has 0 aliphatic rings. The molecule has 4 heteroatoms. The van der Waals surface area contributed by atoms with Crippen LogP contribution in [0, 0.1) is 0 Å². The SMILES string of the molecule is CC(C)c1cccc(CN(C)CC(F)F)n1. The first-order chi connectivity index (χ1) is 7.49. The van der Waals surface area contributed by atoms with Gasteiger partial charge in [0.1, 0.15) is 0 Å². The van der Waals surface area contributed by atoms with E-state index in [1.165, 1.54) is 0 Å². The van der Waals surface area contributed by atoms with Crippen molar-refractivity contribution in [2.75, 3.05) is 13.6 Å². The Hall–Kier alpha value is -1.03. The summed E-state index contributed by atoms with van der Waals surface area (Å²) < 4.78 is 24.3. The number of rotatable bonds is 5. The van der Waals surface area contributed by atoms with Gasteiger partial charge in [-0.15, -0.1) is 0 Å². The van der Waals surface area contributed by atoms with Crippen molar-refractivity contribution in [3.63, 3.8) is 0 Å². The van der Waals surface area contributed by atoms with Gasteiger partial charge in [-0.1, -0.05) is 19.9 Å². The van der Waals surface area contributed by atoms with E-state index in [1.807, 2.05) is 18.2 Å². The van der Waals surface area contributed by atoms with Gasteiger partial charge in [0.25, 0.3) is 6.43 Å². The van der Waals surface area contributed by atoms with E-state index in [2.05, 4.69) is 18.8 Å². The third-order valence-corrected chi connectivity index (χ3v) is 2.30. The molecule has 0 spiro atoms. The Balaban J connectivity index is 2.63. The topological polar surface area (TPSA) is 16.1 Å². The average Bonchev–Trinajstić information content (AvgIpc) is 2.16. The van der Waals surface area contributed by atoms with E-state index in [0.717, 1.165) is 11.4 Å². The van der Waals surface area contributed by atoms with Gasteiger partial charge in [-0.2, -0.15) is 0 Å².